The number of benzene rings is 1. The van der Waals surface area contributed by atoms with Gasteiger partial charge in [-0.05, 0) is 30.9 Å². The molecule has 1 saturated carbocycles. The monoisotopic (exact) mass is 259 g/mol. The fourth-order valence-electron chi connectivity index (χ4n) is 1.29. The Balaban J connectivity index is 2.09. The largest absolute Gasteiger partial charge is 0.462 e. The molecule has 5 heteroatoms. The zero-order valence-corrected chi connectivity index (χ0v) is 10.0. The number of halogens is 2. The van der Waals surface area contributed by atoms with E-state index in [0.29, 0.717) is 18.1 Å². The molecule has 0 aliphatic heterocycles. The molecule has 0 spiro atoms. The summed E-state index contributed by atoms with van der Waals surface area (Å²) < 4.78 is 5.11. The van der Waals surface area contributed by atoms with Crippen LogP contribution in [0.3, 0.4) is 0 Å². The second kappa shape index (κ2) is 4.52. The first-order valence-electron chi connectivity index (χ1n) is 4.99. The summed E-state index contributed by atoms with van der Waals surface area (Å²) in [7, 11) is 0. The van der Waals surface area contributed by atoms with Gasteiger partial charge >= 0.3 is 5.97 Å². The number of nitrogens with two attached hydrogens (primary N) is 1. The summed E-state index contributed by atoms with van der Waals surface area (Å²) in [5.41, 5.74) is 6.23. The first-order chi connectivity index (χ1) is 7.58. The van der Waals surface area contributed by atoms with Gasteiger partial charge in [0.1, 0.15) is 0 Å². The second-order valence-corrected chi connectivity index (χ2v) is 4.69. The predicted molar refractivity (Wildman–Crippen MR) is 63.9 cm³/mol. The number of nitrogen functional groups attached to an aromatic ring is 1. The molecule has 2 rings (SSSR count). The number of hydrogen-bond donors (Lipinski definition) is 1. The van der Waals surface area contributed by atoms with Gasteiger partial charge in [-0.2, -0.15) is 0 Å². The maximum atomic E-state index is 11.6. The van der Waals surface area contributed by atoms with Crippen molar-refractivity contribution in [2.45, 2.75) is 12.8 Å². The Labute approximate surface area is 103 Å². The summed E-state index contributed by atoms with van der Waals surface area (Å²) in [5.74, 6) is 0.126. The Bertz CT molecular complexity index is 407. The zero-order chi connectivity index (χ0) is 11.7. The number of rotatable bonds is 3. The first kappa shape index (κ1) is 11.6. The lowest BCUT2D eigenvalue weighted by molar-refractivity contribution is 0.0486. The van der Waals surface area contributed by atoms with Crippen LogP contribution in [0.25, 0.3) is 0 Å². The lowest BCUT2D eigenvalue weighted by Crippen LogP contribution is -2.08. The lowest BCUT2D eigenvalue weighted by atomic mass is 10.2. The molecule has 16 heavy (non-hydrogen) atoms. The molecule has 1 fully saturated rings. The van der Waals surface area contributed by atoms with Crippen molar-refractivity contribution in [3.63, 3.8) is 0 Å². The molecule has 1 aliphatic rings. The number of esters is 1. The number of hydrogen-bond acceptors (Lipinski definition) is 3. The summed E-state index contributed by atoms with van der Waals surface area (Å²) in [5, 5.41) is 0.528. The van der Waals surface area contributed by atoms with Gasteiger partial charge in [-0.15, -0.1) is 0 Å². The quantitative estimate of drug-likeness (QED) is 0.670. The highest BCUT2D eigenvalue weighted by Gasteiger charge is 2.23. The standard InChI is InChI=1S/C11H11Cl2NO2/c12-8-3-7(4-9(14)10(8)13)11(15)16-5-6-1-2-6/h3-4,6H,1-2,5,14H2. The highest BCUT2D eigenvalue weighted by molar-refractivity contribution is 6.43. The highest BCUT2D eigenvalue weighted by atomic mass is 35.5. The van der Waals surface area contributed by atoms with Gasteiger partial charge in [0.25, 0.3) is 0 Å². The Morgan fingerprint density at radius 3 is 2.69 bits per heavy atom. The number of anilines is 1. The molecule has 3 nitrogen and oxygen atoms in total. The summed E-state index contributed by atoms with van der Waals surface area (Å²) in [6.45, 7) is 0.471. The molecule has 0 unspecified atom stereocenters. The minimum Gasteiger partial charge on any atom is -0.462 e. The van der Waals surface area contributed by atoms with Gasteiger partial charge in [-0.3, -0.25) is 0 Å². The normalized spacial score (nSPS) is 14.9. The van der Waals surface area contributed by atoms with E-state index in [1.807, 2.05) is 0 Å². The zero-order valence-electron chi connectivity index (χ0n) is 8.50. The smallest absolute Gasteiger partial charge is 0.338 e. The maximum Gasteiger partial charge on any atom is 0.338 e. The van der Waals surface area contributed by atoms with Crippen LogP contribution in [0.1, 0.15) is 23.2 Å². The van der Waals surface area contributed by atoms with Gasteiger partial charge in [0.2, 0.25) is 0 Å². The van der Waals surface area contributed by atoms with Crippen molar-refractivity contribution in [3.05, 3.63) is 27.7 Å². The van der Waals surface area contributed by atoms with Gasteiger partial charge in [0, 0.05) is 0 Å². The molecule has 0 atom stereocenters. The van der Waals surface area contributed by atoms with Crippen molar-refractivity contribution >= 4 is 34.9 Å². The number of carbonyl (C=O) groups is 1. The van der Waals surface area contributed by atoms with Gasteiger partial charge in [-0.25, -0.2) is 4.79 Å². The van der Waals surface area contributed by atoms with Crippen LogP contribution in [0.4, 0.5) is 5.69 Å². The second-order valence-electron chi connectivity index (χ2n) is 3.90. The van der Waals surface area contributed by atoms with Crippen molar-refractivity contribution in [1.82, 2.24) is 0 Å². The highest BCUT2D eigenvalue weighted by Crippen LogP contribution is 2.31. The summed E-state index contributed by atoms with van der Waals surface area (Å²) in [6, 6.07) is 2.94. The number of carbonyl (C=O) groups excluding carboxylic acids is 1. The fourth-order valence-corrected chi connectivity index (χ4v) is 1.63. The summed E-state index contributed by atoms with van der Waals surface area (Å²) >= 11 is 11.6. The minimum absolute atomic E-state index is 0.264. The minimum atomic E-state index is -0.405. The molecular weight excluding hydrogens is 249 g/mol. The Morgan fingerprint density at radius 1 is 1.44 bits per heavy atom. The molecule has 0 bridgehead atoms. The third-order valence-corrected chi connectivity index (χ3v) is 3.26. The average molecular weight is 260 g/mol. The van der Waals surface area contributed by atoms with Crippen LogP contribution in [0.15, 0.2) is 12.1 Å². The van der Waals surface area contributed by atoms with E-state index in [1.54, 1.807) is 0 Å². The van der Waals surface area contributed by atoms with E-state index < -0.39 is 5.97 Å². The van der Waals surface area contributed by atoms with E-state index >= 15 is 0 Å². The molecule has 0 radical (unpaired) electrons. The van der Waals surface area contributed by atoms with Crippen LogP contribution in [0.2, 0.25) is 10.0 Å². The summed E-state index contributed by atoms with van der Waals surface area (Å²) in [6.07, 6.45) is 2.27. The first-order valence-corrected chi connectivity index (χ1v) is 5.75. The van der Waals surface area contributed by atoms with E-state index in [9.17, 15) is 4.79 Å². The van der Waals surface area contributed by atoms with Crippen LogP contribution >= 0.6 is 23.2 Å². The third-order valence-electron chi connectivity index (χ3n) is 2.44. The van der Waals surface area contributed by atoms with Crippen LogP contribution in [0.5, 0.6) is 0 Å². The topological polar surface area (TPSA) is 52.3 Å². The molecule has 86 valence electrons. The van der Waals surface area contributed by atoms with Crippen molar-refractivity contribution in [2.75, 3.05) is 12.3 Å². The van der Waals surface area contributed by atoms with E-state index in [1.165, 1.54) is 12.1 Å². The van der Waals surface area contributed by atoms with Crippen LogP contribution in [0, 0.1) is 5.92 Å². The lowest BCUT2D eigenvalue weighted by Gasteiger charge is -2.06. The Morgan fingerprint density at radius 2 is 2.12 bits per heavy atom. The average Bonchev–Trinajstić information content (AvgIpc) is 3.05. The van der Waals surface area contributed by atoms with Crippen molar-refractivity contribution in [3.8, 4) is 0 Å². The van der Waals surface area contributed by atoms with Gasteiger partial charge in [0.15, 0.2) is 0 Å². The third kappa shape index (κ3) is 2.60. The van der Waals surface area contributed by atoms with Crippen LogP contribution < -0.4 is 5.73 Å². The van der Waals surface area contributed by atoms with Crippen molar-refractivity contribution in [2.24, 2.45) is 5.92 Å². The van der Waals surface area contributed by atoms with Gasteiger partial charge < -0.3 is 10.5 Å². The molecule has 0 heterocycles. The van der Waals surface area contributed by atoms with E-state index in [-0.39, 0.29) is 15.7 Å². The molecular formula is C11H11Cl2NO2. The molecule has 1 aromatic carbocycles. The molecule has 2 N–H and O–H groups in total. The van der Waals surface area contributed by atoms with Gasteiger partial charge in [0.05, 0.1) is 27.9 Å². The molecule has 0 saturated heterocycles. The molecule has 1 aliphatic carbocycles. The number of ether oxygens (including phenoxy) is 1. The van der Waals surface area contributed by atoms with Crippen LogP contribution in [-0.4, -0.2) is 12.6 Å². The fraction of sp³-hybridized carbons (Fsp3) is 0.364. The molecule has 0 amide bonds. The van der Waals surface area contributed by atoms with Crippen LogP contribution in [-0.2, 0) is 4.74 Å². The SMILES string of the molecule is Nc1cc(C(=O)OCC2CC2)cc(Cl)c1Cl. The Kier molecular flexibility index (Phi) is 3.26. The van der Waals surface area contributed by atoms with Crippen molar-refractivity contribution in [1.29, 1.82) is 0 Å². The van der Waals surface area contributed by atoms with E-state index in [2.05, 4.69) is 0 Å². The molecule has 0 aromatic heterocycles. The Hall–Kier alpha value is -0.930. The predicted octanol–water partition coefficient (Wildman–Crippen LogP) is 3.14. The summed E-state index contributed by atoms with van der Waals surface area (Å²) in [4.78, 5) is 11.6. The molecule has 1 aromatic rings. The van der Waals surface area contributed by atoms with Gasteiger partial charge in [-0.1, -0.05) is 23.2 Å². The van der Waals surface area contributed by atoms with Crippen molar-refractivity contribution < 1.29 is 9.53 Å². The van der Waals surface area contributed by atoms with E-state index in [4.69, 9.17) is 33.7 Å². The maximum absolute atomic E-state index is 11.6. The van der Waals surface area contributed by atoms with E-state index in [0.717, 1.165) is 12.8 Å².